The molecule has 0 saturated carbocycles. The van der Waals surface area contributed by atoms with Crippen molar-refractivity contribution >= 4 is 34.2 Å². The molecule has 0 radical (unpaired) electrons. The van der Waals surface area contributed by atoms with E-state index in [-0.39, 0.29) is 49.9 Å². The highest BCUT2D eigenvalue weighted by Crippen LogP contribution is 2.31. The number of hydrogen-bond donors (Lipinski definition) is 4. The Morgan fingerprint density at radius 1 is 1.05 bits per heavy atom. The van der Waals surface area contributed by atoms with Crippen LogP contribution < -0.4 is 21.8 Å². The molecule has 1 aromatic heterocycles. The molecule has 5 N–H and O–H groups in total. The van der Waals surface area contributed by atoms with Crippen LogP contribution in [-0.4, -0.2) is 56.2 Å². The number of aliphatic hydroxyl groups excluding tert-OH is 1. The number of unbranched alkanes of at least 4 members (excludes halogenated alkanes) is 1. The molecule has 2 unspecified atom stereocenters. The van der Waals surface area contributed by atoms with Crippen molar-refractivity contribution in [2.75, 3.05) is 44.0 Å². The van der Waals surface area contributed by atoms with Crippen LogP contribution in [0, 0.1) is 0 Å². The first kappa shape index (κ1) is 29.8. The van der Waals surface area contributed by atoms with Crippen LogP contribution in [0.2, 0.25) is 0 Å². The highest BCUT2D eigenvalue weighted by molar-refractivity contribution is 5.93. The fraction of sp³-hybridized carbons (Fsp3) is 0.367. The molecule has 0 saturated heterocycles. The zero-order valence-electron chi connectivity index (χ0n) is 22.7. The van der Waals surface area contributed by atoms with Gasteiger partial charge in [-0.05, 0) is 43.2 Å². The number of carbonyl (C=O) groups excluding carboxylic acids is 2. The van der Waals surface area contributed by atoms with Crippen molar-refractivity contribution in [2.24, 2.45) is 0 Å². The van der Waals surface area contributed by atoms with Crippen LogP contribution in [0.15, 0.2) is 75.8 Å². The standard InChI is InChI=1S/C30H35N3O8/c31-23-8-2-3-9-24(23)33-27(35)11-5-6-12-32-30(37)26-17-20(18-28(41-26)39-16-15-38-14-13-34)22-19-40-25-10-4-1-7-21(25)29(22)36/h1-4,7-10,17,19-20,28,34H,5-6,11-16,18,31H2,(H,32,37)(H,33,35). The molecule has 11 heteroatoms. The van der Waals surface area contributed by atoms with Crippen LogP contribution in [-0.2, 0) is 23.8 Å². The predicted octanol–water partition coefficient (Wildman–Crippen LogP) is 3.04. The number of ether oxygens (including phenoxy) is 3. The number of hydrogen-bond acceptors (Lipinski definition) is 9. The van der Waals surface area contributed by atoms with Gasteiger partial charge in [-0.2, -0.15) is 0 Å². The highest BCUT2D eigenvalue weighted by atomic mass is 16.7. The summed E-state index contributed by atoms with van der Waals surface area (Å²) in [7, 11) is 0. The number of nitrogens with one attached hydrogen (secondary N) is 2. The van der Waals surface area contributed by atoms with Crippen molar-refractivity contribution in [3.63, 3.8) is 0 Å². The normalized spacial score (nSPS) is 16.6. The lowest BCUT2D eigenvalue weighted by molar-refractivity contribution is -0.151. The van der Waals surface area contributed by atoms with Gasteiger partial charge in [0, 0.05) is 30.9 Å². The number of nitrogen functional groups attached to an aromatic ring is 1. The molecule has 41 heavy (non-hydrogen) atoms. The smallest absolute Gasteiger partial charge is 0.286 e. The first-order chi connectivity index (χ1) is 20.0. The first-order valence-corrected chi connectivity index (χ1v) is 13.6. The molecule has 0 aliphatic carbocycles. The Morgan fingerprint density at radius 3 is 2.68 bits per heavy atom. The van der Waals surface area contributed by atoms with Crippen LogP contribution in [0.25, 0.3) is 11.0 Å². The summed E-state index contributed by atoms with van der Waals surface area (Å²) in [5, 5.41) is 14.9. The molecule has 0 spiro atoms. The number of carbonyl (C=O) groups is 2. The lowest BCUT2D eigenvalue weighted by Crippen LogP contribution is -2.34. The topological polar surface area (TPSA) is 162 Å². The number of rotatable bonds is 14. The van der Waals surface area contributed by atoms with Crippen molar-refractivity contribution in [3.05, 3.63) is 82.4 Å². The van der Waals surface area contributed by atoms with Gasteiger partial charge < -0.3 is 40.1 Å². The summed E-state index contributed by atoms with van der Waals surface area (Å²) >= 11 is 0. The van der Waals surface area contributed by atoms with Crippen LogP contribution in [0.1, 0.15) is 37.2 Å². The van der Waals surface area contributed by atoms with E-state index in [2.05, 4.69) is 10.6 Å². The molecule has 0 fully saturated rings. The number of amides is 2. The minimum absolute atomic E-state index is 0.0346. The zero-order chi connectivity index (χ0) is 29.0. The van der Waals surface area contributed by atoms with Gasteiger partial charge in [0.05, 0.1) is 49.5 Å². The molecule has 11 nitrogen and oxygen atoms in total. The number of allylic oxidation sites excluding steroid dienone is 1. The third-order valence-electron chi connectivity index (χ3n) is 6.51. The molecular formula is C30H35N3O8. The van der Waals surface area contributed by atoms with Gasteiger partial charge in [-0.25, -0.2) is 0 Å². The molecule has 2 aromatic carbocycles. The lowest BCUT2D eigenvalue weighted by atomic mass is 9.93. The second kappa shape index (κ2) is 15.0. The fourth-order valence-corrected chi connectivity index (χ4v) is 4.41. The van der Waals surface area contributed by atoms with E-state index in [9.17, 15) is 14.4 Å². The van der Waals surface area contributed by atoms with Gasteiger partial charge in [0.25, 0.3) is 5.91 Å². The van der Waals surface area contributed by atoms with Crippen molar-refractivity contribution < 1.29 is 33.3 Å². The summed E-state index contributed by atoms with van der Waals surface area (Å²) in [5.41, 5.74) is 7.61. The SMILES string of the molecule is Nc1ccccc1NC(=O)CCCCNC(=O)C1=CC(c2coc3ccccc3c2=O)CC(OCCOCCO)O1. The molecule has 3 aromatic rings. The molecule has 2 atom stereocenters. The molecule has 218 valence electrons. The number of fused-ring (bicyclic) bond motifs is 1. The summed E-state index contributed by atoms with van der Waals surface area (Å²) in [4.78, 5) is 38.4. The summed E-state index contributed by atoms with van der Waals surface area (Å²) in [6.07, 6.45) is 3.91. The fourth-order valence-electron chi connectivity index (χ4n) is 4.41. The largest absolute Gasteiger partial charge is 0.464 e. The van der Waals surface area contributed by atoms with Crippen molar-refractivity contribution in [1.29, 1.82) is 0 Å². The van der Waals surface area contributed by atoms with Crippen LogP contribution in [0.5, 0.6) is 0 Å². The van der Waals surface area contributed by atoms with E-state index >= 15 is 0 Å². The predicted molar refractivity (Wildman–Crippen MR) is 153 cm³/mol. The highest BCUT2D eigenvalue weighted by Gasteiger charge is 2.30. The minimum atomic E-state index is -0.802. The van der Waals surface area contributed by atoms with E-state index < -0.39 is 18.1 Å². The van der Waals surface area contributed by atoms with Gasteiger partial charge in [0.1, 0.15) is 5.58 Å². The van der Waals surface area contributed by atoms with E-state index in [4.69, 9.17) is 29.5 Å². The second-order valence-electron chi connectivity index (χ2n) is 9.49. The van der Waals surface area contributed by atoms with Gasteiger partial charge in [-0.3, -0.25) is 14.4 Å². The summed E-state index contributed by atoms with van der Waals surface area (Å²) in [6.45, 7) is 0.822. The second-order valence-corrected chi connectivity index (χ2v) is 9.49. The first-order valence-electron chi connectivity index (χ1n) is 13.6. The molecule has 0 bridgehead atoms. The Morgan fingerprint density at radius 2 is 1.85 bits per heavy atom. The maximum Gasteiger partial charge on any atom is 0.286 e. The van der Waals surface area contributed by atoms with E-state index in [1.165, 1.54) is 6.26 Å². The van der Waals surface area contributed by atoms with Crippen LogP contribution in [0.4, 0.5) is 11.4 Å². The van der Waals surface area contributed by atoms with Crippen molar-refractivity contribution in [1.82, 2.24) is 5.32 Å². The zero-order valence-corrected chi connectivity index (χ0v) is 22.7. The van der Waals surface area contributed by atoms with E-state index in [0.29, 0.717) is 53.7 Å². The Balaban J connectivity index is 1.35. The minimum Gasteiger partial charge on any atom is -0.464 e. The quantitative estimate of drug-likeness (QED) is 0.170. The summed E-state index contributed by atoms with van der Waals surface area (Å²) in [5.74, 6) is -1.06. The molecule has 1 aliphatic rings. The Hall–Kier alpha value is -4.19. The van der Waals surface area contributed by atoms with E-state index in [0.717, 1.165) is 0 Å². The Labute approximate surface area is 237 Å². The van der Waals surface area contributed by atoms with Crippen LogP contribution in [0.3, 0.4) is 0 Å². The average molecular weight is 566 g/mol. The maximum absolute atomic E-state index is 13.2. The average Bonchev–Trinajstić information content (AvgIpc) is 2.98. The Bertz CT molecular complexity index is 1420. The van der Waals surface area contributed by atoms with Gasteiger partial charge in [-0.15, -0.1) is 0 Å². The van der Waals surface area contributed by atoms with Crippen molar-refractivity contribution in [3.8, 4) is 0 Å². The van der Waals surface area contributed by atoms with Gasteiger partial charge in [-0.1, -0.05) is 24.3 Å². The molecule has 1 aliphatic heterocycles. The lowest BCUT2D eigenvalue weighted by Gasteiger charge is -2.29. The summed E-state index contributed by atoms with van der Waals surface area (Å²) in [6, 6.07) is 14.0. The molecule has 4 rings (SSSR count). The van der Waals surface area contributed by atoms with E-state index in [1.807, 2.05) is 0 Å². The Kier molecular flexibility index (Phi) is 10.9. The number of aliphatic hydroxyl groups is 1. The van der Waals surface area contributed by atoms with Crippen LogP contribution >= 0.6 is 0 Å². The summed E-state index contributed by atoms with van der Waals surface area (Å²) < 4.78 is 22.5. The van der Waals surface area contributed by atoms with Crippen molar-refractivity contribution in [2.45, 2.75) is 37.9 Å². The van der Waals surface area contributed by atoms with Gasteiger partial charge in [0.15, 0.2) is 11.2 Å². The number of anilines is 2. The molecule has 2 amide bonds. The third kappa shape index (κ3) is 8.40. The number of nitrogens with two attached hydrogens (primary N) is 1. The van der Waals surface area contributed by atoms with Gasteiger partial charge in [0.2, 0.25) is 12.2 Å². The number of benzene rings is 2. The van der Waals surface area contributed by atoms with Gasteiger partial charge >= 0.3 is 0 Å². The molecular weight excluding hydrogens is 530 g/mol. The third-order valence-corrected chi connectivity index (χ3v) is 6.51. The maximum atomic E-state index is 13.2. The van der Waals surface area contributed by atoms with E-state index in [1.54, 1.807) is 54.6 Å². The molecule has 2 heterocycles. The monoisotopic (exact) mass is 565 g/mol. The number of para-hydroxylation sites is 3.